The predicted molar refractivity (Wildman–Crippen MR) is 79.4 cm³/mol. The molecule has 1 unspecified atom stereocenters. The molecule has 5 heteroatoms. The minimum Gasteiger partial charge on any atom is -0.356 e. The summed E-state index contributed by atoms with van der Waals surface area (Å²) in [6, 6.07) is 0. The highest BCUT2D eigenvalue weighted by molar-refractivity contribution is 5.83. The van der Waals surface area contributed by atoms with Gasteiger partial charge < -0.3 is 15.6 Å². The fourth-order valence-corrected chi connectivity index (χ4v) is 3.05. The SMILES string of the molecule is CCCC1(C(=O)NCCCc2ncc[nH]2)CCCNC1. The third kappa shape index (κ3) is 3.82. The first kappa shape index (κ1) is 15.0. The molecule has 0 aliphatic carbocycles. The Labute approximate surface area is 120 Å². The monoisotopic (exact) mass is 278 g/mol. The molecule has 5 nitrogen and oxygen atoms in total. The molecule has 1 amide bonds. The van der Waals surface area contributed by atoms with Gasteiger partial charge in [-0.2, -0.15) is 0 Å². The molecule has 1 fully saturated rings. The summed E-state index contributed by atoms with van der Waals surface area (Å²) in [5.41, 5.74) is -0.183. The lowest BCUT2D eigenvalue weighted by molar-refractivity contribution is -0.132. The summed E-state index contributed by atoms with van der Waals surface area (Å²) in [4.78, 5) is 19.8. The fraction of sp³-hybridized carbons (Fsp3) is 0.733. The van der Waals surface area contributed by atoms with Crippen LogP contribution in [0.3, 0.4) is 0 Å². The van der Waals surface area contributed by atoms with Crippen molar-refractivity contribution in [2.75, 3.05) is 19.6 Å². The number of H-pyrrole nitrogens is 1. The normalized spacial score (nSPS) is 22.6. The van der Waals surface area contributed by atoms with E-state index in [1.807, 2.05) is 6.20 Å². The molecule has 0 saturated carbocycles. The Morgan fingerprint density at radius 3 is 3.10 bits per heavy atom. The number of piperidine rings is 1. The van der Waals surface area contributed by atoms with E-state index in [9.17, 15) is 4.79 Å². The van der Waals surface area contributed by atoms with Crippen molar-refractivity contribution in [3.8, 4) is 0 Å². The number of aryl methyl sites for hydroxylation is 1. The number of hydrogen-bond donors (Lipinski definition) is 3. The topological polar surface area (TPSA) is 69.8 Å². The zero-order valence-electron chi connectivity index (χ0n) is 12.4. The summed E-state index contributed by atoms with van der Waals surface area (Å²) in [5.74, 6) is 1.22. The zero-order valence-corrected chi connectivity index (χ0v) is 12.4. The third-order valence-corrected chi connectivity index (χ3v) is 4.11. The van der Waals surface area contributed by atoms with E-state index in [-0.39, 0.29) is 11.3 Å². The number of nitrogens with zero attached hydrogens (tertiary/aromatic N) is 1. The number of carbonyl (C=O) groups excluding carboxylic acids is 1. The summed E-state index contributed by atoms with van der Waals surface area (Å²) in [6.07, 6.45) is 9.54. The van der Waals surface area contributed by atoms with Crippen molar-refractivity contribution in [1.29, 1.82) is 0 Å². The van der Waals surface area contributed by atoms with Gasteiger partial charge in [-0.25, -0.2) is 4.98 Å². The van der Waals surface area contributed by atoms with Gasteiger partial charge in [0.15, 0.2) is 0 Å². The lowest BCUT2D eigenvalue weighted by atomic mass is 9.76. The van der Waals surface area contributed by atoms with Gasteiger partial charge in [-0.3, -0.25) is 4.79 Å². The van der Waals surface area contributed by atoms with Crippen LogP contribution in [0, 0.1) is 5.41 Å². The number of aromatic nitrogens is 2. The number of rotatable bonds is 7. The molecule has 1 aliphatic rings. The minimum absolute atomic E-state index is 0.183. The molecular weight excluding hydrogens is 252 g/mol. The molecule has 1 aromatic rings. The molecule has 0 radical (unpaired) electrons. The lowest BCUT2D eigenvalue weighted by Gasteiger charge is -2.36. The number of imidazole rings is 1. The van der Waals surface area contributed by atoms with Crippen LogP contribution in [0.25, 0.3) is 0 Å². The van der Waals surface area contributed by atoms with Crippen molar-refractivity contribution in [3.63, 3.8) is 0 Å². The summed E-state index contributed by atoms with van der Waals surface area (Å²) in [7, 11) is 0. The average Bonchev–Trinajstić information content (AvgIpc) is 2.98. The average molecular weight is 278 g/mol. The number of aromatic amines is 1. The van der Waals surface area contributed by atoms with Crippen molar-refractivity contribution in [2.24, 2.45) is 5.41 Å². The van der Waals surface area contributed by atoms with Crippen LogP contribution in [0.4, 0.5) is 0 Å². The number of nitrogens with one attached hydrogen (secondary N) is 3. The highest BCUT2D eigenvalue weighted by Crippen LogP contribution is 2.31. The predicted octanol–water partition coefficient (Wildman–Crippen LogP) is 1.63. The Balaban J connectivity index is 1.76. The Kier molecular flexibility index (Phi) is 5.59. The number of hydrogen-bond acceptors (Lipinski definition) is 3. The van der Waals surface area contributed by atoms with Gasteiger partial charge in [0.2, 0.25) is 5.91 Å². The molecule has 112 valence electrons. The highest BCUT2D eigenvalue weighted by atomic mass is 16.2. The largest absolute Gasteiger partial charge is 0.356 e. The van der Waals surface area contributed by atoms with E-state index < -0.39 is 0 Å². The molecule has 0 spiro atoms. The highest BCUT2D eigenvalue weighted by Gasteiger charge is 2.38. The van der Waals surface area contributed by atoms with Crippen molar-refractivity contribution in [1.82, 2.24) is 20.6 Å². The zero-order chi connectivity index (χ0) is 14.3. The van der Waals surface area contributed by atoms with Crippen LogP contribution in [-0.4, -0.2) is 35.5 Å². The molecule has 1 atom stereocenters. The molecule has 0 aromatic carbocycles. The van der Waals surface area contributed by atoms with Crippen LogP contribution >= 0.6 is 0 Å². The van der Waals surface area contributed by atoms with Crippen LogP contribution in [0.15, 0.2) is 12.4 Å². The lowest BCUT2D eigenvalue weighted by Crippen LogP contribution is -2.50. The standard InChI is InChI=1S/C15H26N4O/c1-2-6-15(7-4-8-16-12-15)14(20)19-9-3-5-13-17-10-11-18-13/h10-11,16H,2-9,12H2,1H3,(H,17,18)(H,19,20). The smallest absolute Gasteiger partial charge is 0.227 e. The van der Waals surface area contributed by atoms with Gasteiger partial charge in [0.1, 0.15) is 5.82 Å². The van der Waals surface area contributed by atoms with Gasteiger partial charge in [-0.15, -0.1) is 0 Å². The summed E-state index contributed by atoms with van der Waals surface area (Å²) in [6.45, 7) is 4.74. The Hall–Kier alpha value is -1.36. The van der Waals surface area contributed by atoms with Crippen LogP contribution in [-0.2, 0) is 11.2 Å². The number of carbonyl (C=O) groups is 1. The fourth-order valence-electron chi connectivity index (χ4n) is 3.05. The van der Waals surface area contributed by atoms with Crippen molar-refractivity contribution in [2.45, 2.75) is 45.4 Å². The van der Waals surface area contributed by atoms with Crippen LogP contribution in [0.1, 0.15) is 44.9 Å². The van der Waals surface area contributed by atoms with E-state index in [0.29, 0.717) is 0 Å². The molecular formula is C15H26N4O. The van der Waals surface area contributed by atoms with E-state index in [1.165, 1.54) is 0 Å². The molecule has 20 heavy (non-hydrogen) atoms. The minimum atomic E-state index is -0.183. The molecule has 3 N–H and O–H groups in total. The molecule has 0 bridgehead atoms. The maximum absolute atomic E-state index is 12.5. The first-order chi connectivity index (χ1) is 9.77. The van der Waals surface area contributed by atoms with Gasteiger partial charge in [-0.1, -0.05) is 13.3 Å². The molecule has 1 aromatic heterocycles. The molecule has 1 aliphatic heterocycles. The second-order valence-electron chi connectivity index (χ2n) is 5.71. The Bertz CT molecular complexity index is 391. The van der Waals surface area contributed by atoms with E-state index in [2.05, 4.69) is 27.5 Å². The van der Waals surface area contributed by atoms with E-state index >= 15 is 0 Å². The molecule has 2 heterocycles. The van der Waals surface area contributed by atoms with Gasteiger partial charge in [0, 0.05) is 31.9 Å². The summed E-state index contributed by atoms with van der Waals surface area (Å²) >= 11 is 0. The van der Waals surface area contributed by atoms with E-state index in [1.54, 1.807) is 6.20 Å². The second kappa shape index (κ2) is 7.43. The maximum atomic E-state index is 12.5. The van der Waals surface area contributed by atoms with Gasteiger partial charge in [0.05, 0.1) is 5.41 Å². The molecule has 2 rings (SSSR count). The molecule has 1 saturated heterocycles. The first-order valence-electron chi connectivity index (χ1n) is 7.74. The van der Waals surface area contributed by atoms with Gasteiger partial charge in [0.25, 0.3) is 0 Å². The second-order valence-corrected chi connectivity index (χ2v) is 5.71. The van der Waals surface area contributed by atoms with Gasteiger partial charge >= 0.3 is 0 Å². The maximum Gasteiger partial charge on any atom is 0.227 e. The van der Waals surface area contributed by atoms with Crippen molar-refractivity contribution >= 4 is 5.91 Å². The summed E-state index contributed by atoms with van der Waals surface area (Å²) in [5, 5.41) is 6.50. The van der Waals surface area contributed by atoms with Crippen molar-refractivity contribution in [3.05, 3.63) is 18.2 Å². The van der Waals surface area contributed by atoms with E-state index in [0.717, 1.165) is 64.0 Å². The van der Waals surface area contributed by atoms with Crippen molar-refractivity contribution < 1.29 is 4.79 Å². The van der Waals surface area contributed by atoms with Crippen LogP contribution in [0.2, 0.25) is 0 Å². The number of amides is 1. The van der Waals surface area contributed by atoms with Crippen LogP contribution in [0.5, 0.6) is 0 Å². The summed E-state index contributed by atoms with van der Waals surface area (Å²) < 4.78 is 0. The van der Waals surface area contributed by atoms with E-state index in [4.69, 9.17) is 0 Å². The first-order valence-corrected chi connectivity index (χ1v) is 7.74. The quantitative estimate of drug-likeness (QED) is 0.664. The third-order valence-electron chi connectivity index (χ3n) is 4.11. The Morgan fingerprint density at radius 2 is 2.45 bits per heavy atom. The van der Waals surface area contributed by atoms with Crippen LogP contribution < -0.4 is 10.6 Å². The Morgan fingerprint density at radius 1 is 1.55 bits per heavy atom. The van der Waals surface area contributed by atoms with Gasteiger partial charge in [-0.05, 0) is 32.2 Å².